The molecule has 1 aliphatic heterocycles. The molecule has 108 valence electrons. The van der Waals surface area contributed by atoms with E-state index in [-0.39, 0.29) is 12.1 Å². The molecule has 2 amide bonds. The van der Waals surface area contributed by atoms with Gasteiger partial charge in [0.05, 0.1) is 10.7 Å². The Labute approximate surface area is 128 Å². The third-order valence-corrected chi connectivity index (χ3v) is 3.98. The molecule has 0 aromatic heterocycles. The van der Waals surface area contributed by atoms with Gasteiger partial charge in [0.1, 0.15) is 0 Å². The van der Waals surface area contributed by atoms with Gasteiger partial charge in [0, 0.05) is 17.4 Å². The summed E-state index contributed by atoms with van der Waals surface area (Å²) < 4.78 is 0. The molecule has 2 aromatic rings. The normalized spacial score (nSPS) is 16.7. The molecule has 5 heteroatoms. The highest BCUT2D eigenvalue weighted by molar-refractivity contribution is 6.33. The van der Waals surface area contributed by atoms with Gasteiger partial charge in [0.2, 0.25) is 0 Å². The van der Waals surface area contributed by atoms with Crippen LogP contribution in [0.5, 0.6) is 0 Å². The second kappa shape index (κ2) is 5.30. The number of nitrogen functional groups attached to an aromatic ring is 1. The summed E-state index contributed by atoms with van der Waals surface area (Å²) >= 11 is 6.08. The van der Waals surface area contributed by atoms with Crippen molar-refractivity contribution >= 4 is 34.7 Å². The van der Waals surface area contributed by atoms with Crippen LogP contribution >= 0.6 is 11.6 Å². The van der Waals surface area contributed by atoms with Crippen molar-refractivity contribution in [2.24, 2.45) is 0 Å². The molecular formula is C16H16ClN3O. The minimum Gasteiger partial charge on any atom is -0.399 e. The van der Waals surface area contributed by atoms with Crippen LogP contribution in [0.15, 0.2) is 42.5 Å². The highest BCUT2D eigenvalue weighted by Crippen LogP contribution is 2.34. The molecule has 0 saturated carbocycles. The van der Waals surface area contributed by atoms with E-state index in [1.165, 1.54) is 0 Å². The van der Waals surface area contributed by atoms with Crippen molar-refractivity contribution in [1.29, 1.82) is 0 Å². The maximum atomic E-state index is 12.5. The van der Waals surface area contributed by atoms with Gasteiger partial charge in [-0.3, -0.25) is 4.90 Å². The quantitative estimate of drug-likeness (QED) is 0.785. The smallest absolute Gasteiger partial charge is 0.326 e. The number of amides is 2. The fraction of sp³-hybridized carbons (Fsp3) is 0.188. The van der Waals surface area contributed by atoms with Crippen LogP contribution in [0.1, 0.15) is 12.5 Å². The summed E-state index contributed by atoms with van der Waals surface area (Å²) in [5, 5.41) is 3.39. The third-order valence-electron chi connectivity index (χ3n) is 3.65. The molecule has 0 bridgehead atoms. The largest absolute Gasteiger partial charge is 0.399 e. The Morgan fingerprint density at radius 2 is 2.10 bits per heavy atom. The van der Waals surface area contributed by atoms with E-state index >= 15 is 0 Å². The summed E-state index contributed by atoms with van der Waals surface area (Å²) in [6.07, 6.45) is 0.802. The van der Waals surface area contributed by atoms with Crippen molar-refractivity contribution in [3.05, 3.63) is 53.1 Å². The summed E-state index contributed by atoms with van der Waals surface area (Å²) in [6.45, 7) is 2.02. The molecule has 1 atom stereocenters. The van der Waals surface area contributed by atoms with Crippen LogP contribution < -0.4 is 16.0 Å². The fourth-order valence-corrected chi connectivity index (χ4v) is 2.88. The molecule has 3 rings (SSSR count). The van der Waals surface area contributed by atoms with Crippen LogP contribution in [-0.2, 0) is 6.42 Å². The molecule has 2 aromatic carbocycles. The first-order valence-electron chi connectivity index (χ1n) is 6.79. The highest BCUT2D eigenvalue weighted by Gasteiger charge is 2.31. The summed E-state index contributed by atoms with van der Waals surface area (Å²) in [4.78, 5) is 14.3. The van der Waals surface area contributed by atoms with Gasteiger partial charge in [0.15, 0.2) is 0 Å². The Hall–Kier alpha value is -2.20. The summed E-state index contributed by atoms with van der Waals surface area (Å²) in [5.74, 6) is 0. The van der Waals surface area contributed by atoms with Gasteiger partial charge >= 0.3 is 6.03 Å². The maximum absolute atomic E-state index is 12.5. The maximum Gasteiger partial charge on any atom is 0.326 e. The van der Waals surface area contributed by atoms with E-state index in [1.54, 1.807) is 17.0 Å². The van der Waals surface area contributed by atoms with Gasteiger partial charge in [-0.2, -0.15) is 0 Å². The molecule has 0 saturated heterocycles. The van der Waals surface area contributed by atoms with Crippen LogP contribution in [0, 0.1) is 0 Å². The minimum atomic E-state index is -0.181. The molecule has 0 fully saturated rings. The number of nitrogens with zero attached hydrogens (tertiary/aromatic N) is 1. The van der Waals surface area contributed by atoms with E-state index in [9.17, 15) is 4.79 Å². The molecule has 4 nitrogen and oxygen atoms in total. The van der Waals surface area contributed by atoms with Crippen LogP contribution in [0.3, 0.4) is 0 Å². The van der Waals surface area contributed by atoms with Crippen molar-refractivity contribution in [2.75, 3.05) is 16.0 Å². The predicted octanol–water partition coefficient (Wildman–Crippen LogP) is 3.91. The number of fused-ring (bicyclic) bond motifs is 1. The van der Waals surface area contributed by atoms with E-state index in [2.05, 4.69) is 5.32 Å². The topological polar surface area (TPSA) is 58.4 Å². The zero-order valence-corrected chi connectivity index (χ0v) is 12.4. The van der Waals surface area contributed by atoms with Crippen molar-refractivity contribution in [1.82, 2.24) is 0 Å². The monoisotopic (exact) mass is 301 g/mol. The van der Waals surface area contributed by atoms with E-state index < -0.39 is 0 Å². The fourth-order valence-electron chi connectivity index (χ4n) is 2.70. The van der Waals surface area contributed by atoms with Gasteiger partial charge in [-0.1, -0.05) is 23.7 Å². The van der Waals surface area contributed by atoms with Gasteiger partial charge in [-0.15, -0.1) is 0 Å². The number of halogens is 1. The second-order valence-electron chi connectivity index (χ2n) is 5.22. The third kappa shape index (κ3) is 2.54. The Morgan fingerprint density at radius 1 is 1.33 bits per heavy atom. The van der Waals surface area contributed by atoms with Crippen LogP contribution in [0.25, 0.3) is 0 Å². The van der Waals surface area contributed by atoms with Crippen molar-refractivity contribution < 1.29 is 4.79 Å². The van der Waals surface area contributed by atoms with E-state index in [0.717, 1.165) is 17.7 Å². The average molecular weight is 302 g/mol. The molecular weight excluding hydrogens is 286 g/mol. The molecule has 1 aliphatic rings. The first kappa shape index (κ1) is 13.8. The van der Waals surface area contributed by atoms with E-state index in [1.807, 2.05) is 37.3 Å². The lowest BCUT2D eigenvalue weighted by molar-refractivity contribution is 0.256. The van der Waals surface area contributed by atoms with Crippen LogP contribution in [0.2, 0.25) is 5.02 Å². The van der Waals surface area contributed by atoms with Crippen molar-refractivity contribution in [3.63, 3.8) is 0 Å². The number of benzene rings is 2. The van der Waals surface area contributed by atoms with Gasteiger partial charge < -0.3 is 11.1 Å². The number of hydrogen-bond donors (Lipinski definition) is 2. The first-order valence-corrected chi connectivity index (χ1v) is 7.17. The Morgan fingerprint density at radius 3 is 2.86 bits per heavy atom. The zero-order chi connectivity index (χ0) is 15.0. The molecule has 3 N–H and O–H groups in total. The zero-order valence-electron chi connectivity index (χ0n) is 11.6. The summed E-state index contributed by atoms with van der Waals surface area (Å²) in [6, 6.07) is 12.7. The number of hydrogen-bond acceptors (Lipinski definition) is 2. The number of carbonyl (C=O) groups is 1. The number of nitrogens with two attached hydrogens (primary N) is 1. The lowest BCUT2D eigenvalue weighted by Gasteiger charge is -2.23. The predicted molar refractivity (Wildman–Crippen MR) is 87.0 cm³/mol. The SMILES string of the molecule is CC1Cc2cc(N)ccc2N1C(=O)Nc1ccccc1Cl. The number of rotatable bonds is 1. The molecule has 0 spiro atoms. The standard InChI is InChI=1S/C16H16ClN3O/c1-10-8-11-9-12(18)6-7-15(11)20(10)16(21)19-14-5-3-2-4-13(14)17/h2-7,9-10H,8,18H2,1H3,(H,19,21). The molecule has 1 heterocycles. The number of nitrogens with one attached hydrogen (secondary N) is 1. The highest BCUT2D eigenvalue weighted by atomic mass is 35.5. The molecule has 21 heavy (non-hydrogen) atoms. The minimum absolute atomic E-state index is 0.0873. The number of anilines is 3. The summed E-state index contributed by atoms with van der Waals surface area (Å²) in [5.41, 5.74) is 9.13. The van der Waals surface area contributed by atoms with Crippen molar-refractivity contribution in [2.45, 2.75) is 19.4 Å². The van der Waals surface area contributed by atoms with Crippen molar-refractivity contribution in [3.8, 4) is 0 Å². The molecule has 0 radical (unpaired) electrons. The number of carbonyl (C=O) groups excluding carboxylic acids is 1. The van der Waals surface area contributed by atoms with Gasteiger partial charge in [0.25, 0.3) is 0 Å². The molecule has 1 unspecified atom stereocenters. The lowest BCUT2D eigenvalue weighted by atomic mass is 10.1. The van der Waals surface area contributed by atoms with Gasteiger partial charge in [-0.05, 0) is 49.2 Å². The van der Waals surface area contributed by atoms with E-state index in [4.69, 9.17) is 17.3 Å². The Bertz CT molecular complexity index is 702. The lowest BCUT2D eigenvalue weighted by Crippen LogP contribution is -2.39. The summed E-state index contributed by atoms with van der Waals surface area (Å²) in [7, 11) is 0. The molecule has 0 aliphatic carbocycles. The Balaban J connectivity index is 1.88. The number of urea groups is 1. The average Bonchev–Trinajstić information content (AvgIpc) is 2.76. The number of para-hydroxylation sites is 1. The van der Waals surface area contributed by atoms with E-state index in [0.29, 0.717) is 16.4 Å². The van der Waals surface area contributed by atoms with Crippen LogP contribution in [0.4, 0.5) is 21.9 Å². The second-order valence-corrected chi connectivity index (χ2v) is 5.63. The first-order chi connectivity index (χ1) is 10.1. The van der Waals surface area contributed by atoms with Crippen LogP contribution in [-0.4, -0.2) is 12.1 Å². The Kier molecular flexibility index (Phi) is 3.47. The van der Waals surface area contributed by atoms with Gasteiger partial charge in [-0.25, -0.2) is 4.79 Å².